The van der Waals surface area contributed by atoms with Crippen LogP contribution in [0, 0.1) is 11.8 Å². The van der Waals surface area contributed by atoms with Crippen LogP contribution in [0.25, 0.3) is 0 Å². The van der Waals surface area contributed by atoms with Crippen LogP contribution < -0.4 is 5.32 Å². The largest absolute Gasteiger partial charge is 0.343 e. The number of carbonyl (C=O) groups excluding carboxylic acids is 1. The smallest absolute Gasteiger partial charge is 0.222 e. The van der Waals surface area contributed by atoms with Crippen molar-refractivity contribution in [1.82, 2.24) is 15.1 Å². The van der Waals surface area contributed by atoms with Gasteiger partial charge in [-0.15, -0.1) is 0 Å². The summed E-state index contributed by atoms with van der Waals surface area (Å²) in [5, 5.41) is 3.37. The van der Waals surface area contributed by atoms with E-state index in [-0.39, 0.29) is 0 Å². The number of nitrogens with zero attached hydrogens (tertiary/aromatic N) is 2. The number of piperidine rings is 2. The predicted molar refractivity (Wildman–Crippen MR) is 87.3 cm³/mol. The second kappa shape index (κ2) is 8.74. The molecule has 0 bridgehead atoms. The third-order valence-electron chi connectivity index (χ3n) is 5.30. The van der Waals surface area contributed by atoms with Crippen molar-refractivity contribution in [3.63, 3.8) is 0 Å². The fourth-order valence-electron chi connectivity index (χ4n) is 3.67. The zero-order valence-corrected chi connectivity index (χ0v) is 13.9. The first kappa shape index (κ1) is 16.8. The Labute approximate surface area is 130 Å². The zero-order chi connectivity index (χ0) is 15.1. The van der Waals surface area contributed by atoms with E-state index >= 15 is 0 Å². The van der Waals surface area contributed by atoms with Gasteiger partial charge in [0.15, 0.2) is 0 Å². The minimum Gasteiger partial charge on any atom is -0.343 e. The van der Waals surface area contributed by atoms with Gasteiger partial charge in [-0.1, -0.05) is 13.8 Å². The van der Waals surface area contributed by atoms with Crippen LogP contribution in [0.5, 0.6) is 0 Å². The van der Waals surface area contributed by atoms with Gasteiger partial charge in [0.1, 0.15) is 0 Å². The van der Waals surface area contributed by atoms with Gasteiger partial charge in [0.25, 0.3) is 0 Å². The Balaban J connectivity index is 1.69. The maximum Gasteiger partial charge on any atom is 0.222 e. The Kier molecular flexibility index (Phi) is 6.97. The van der Waals surface area contributed by atoms with Crippen LogP contribution >= 0.6 is 0 Å². The van der Waals surface area contributed by atoms with Gasteiger partial charge in [-0.3, -0.25) is 4.79 Å². The molecule has 0 spiro atoms. The van der Waals surface area contributed by atoms with Gasteiger partial charge in [0, 0.05) is 26.1 Å². The summed E-state index contributed by atoms with van der Waals surface area (Å²) in [7, 11) is 0. The van der Waals surface area contributed by atoms with Crippen LogP contribution in [0.3, 0.4) is 0 Å². The first-order valence-corrected chi connectivity index (χ1v) is 8.93. The number of carbonyl (C=O) groups is 1. The molecular formula is C17H33N3O. The number of hydrogen-bond donors (Lipinski definition) is 1. The summed E-state index contributed by atoms with van der Waals surface area (Å²) >= 11 is 0. The quantitative estimate of drug-likeness (QED) is 0.813. The SMILES string of the molecule is CCN(CC)CC1CCN(C(=O)CC2CCNCC2)CC1. The highest BCUT2D eigenvalue weighted by molar-refractivity contribution is 5.76. The summed E-state index contributed by atoms with van der Waals surface area (Å²) in [5.41, 5.74) is 0. The van der Waals surface area contributed by atoms with Crippen LogP contribution in [-0.2, 0) is 4.79 Å². The fourth-order valence-corrected chi connectivity index (χ4v) is 3.67. The van der Waals surface area contributed by atoms with Gasteiger partial charge >= 0.3 is 0 Å². The number of nitrogens with one attached hydrogen (secondary N) is 1. The summed E-state index contributed by atoms with van der Waals surface area (Å²) in [6.07, 6.45) is 5.50. The number of hydrogen-bond acceptors (Lipinski definition) is 3. The average molecular weight is 295 g/mol. The molecule has 2 fully saturated rings. The van der Waals surface area contributed by atoms with Gasteiger partial charge < -0.3 is 15.1 Å². The Morgan fingerprint density at radius 2 is 1.67 bits per heavy atom. The van der Waals surface area contributed by atoms with Crippen LogP contribution in [0.15, 0.2) is 0 Å². The molecule has 0 unspecified atom stereocenters. The summed E-state index contributed by atoms with van der Waals surface area (Å²) in [6, 6.07) is 0. The van der Waals surface area contributed by atoms with E-state index in [0.29, 0.717) is 11.8 Å². The lowest BCUT2D eigenvalue weighted by Gasteiger charge is -2.35. The van der Waals surface area contributed by atoms with Crippen molar-refractivity contribution < 1.29 is 4.79 Å². The highest BCUT2D eigenvalue weighted by Crippen LogP contribution is 2.22. The monoisotopic (exact) mass is 295 g/mol. The Hall–Kier alpha value is -0.610. The molecule has 0 aromatic heterocycles. The summed E-state index contributed by atoms with van der Waals surface area (Å²) in [4.78, 5) is 17.0. The predicted octanol–water partition coefficient (Wildman–Crippen LogP) is 1.96. The fraction of sp³-hybridized carbons (Fsp3) is 0.941. The van der Waals surface area contributed by atoms with Crippen molar-refractivity contribution in [1.29, 1.82) is 0 Å². The van der Waals surface area contributed by atoms with Crippen molar-refractivity contribution in [2.45, 2.75) is 46.0 Å². The molecule has 21 heavy (non-hydrogen) atoms. The average Bonchev–Trinajstić information content (AvgIpc) is 2.54. The third kappa shape index (κ3) is 5.26. The minimum atomic E-state index is 0.406. The maximum absolute atomic E-state index is 12.4. The molecule has 1 N–H and O–H groups in total. The van der Waals surface area contributed by atoms with Crippen molar-refractivity contribution in [3.8, 4) is 0 Å². The number of rotatable bonds is 6. The molecule has 0 aromatic carbocycles. The topological polar surface area (TPSA) is 35.6 Å². The molecule has 0 radical (unpaired) electrons. The van der Waals surface area contributed by atoms with E-state index in [2.05, 4.69) is 29.0 Å². The molecule has 4 heteroatoms. The van der Waals surface area contributed by atoms with Gasteiger partial charge in [-0.05, 0) is 63.7 Å². The summed E-state index contributed by atoms with van der Waals surface area (Å²) < 4.78 is 0. The third-order valence-corrected chi connectivity index (χ3v) is 5.30. The highest BCUT2D eigenvalue weighted by atomic mass is 16.2. The molecule has 2 aliphatic heterocycles. The van der Waals surface area contributed by atoms with E-state index < -0.39 is 0 Å². The van der Waals surface area contributed by atoms with Gasteiger partial charge in [0.05, 0.1) is 0 Å². The molecule has 0 aromatic rings. The molecule has 2 heterocycles. The molecule has 2 rings (SSSR count). The lowest BCUT2D eigenvalue weighted by atomic mass is 9.92. The number of likely N-dealkylation sites (tertiary alicyclic amines) is 1. The standard InChI is InChI=1S/C17H33N3O/c1-3-19(4-2)14-16-7-11-20(12-8-16)17(21)13-15-5-9-18-10-6-15/h15-16,18H,3-14H2,1-2H3. The van der Waals surface area contributed by atoms with Crippen LogP contribution in [0.4, 0.5) is 0 Å². The van der Waals surface area contributed by atoms with Gasteiger partial charge in [0.2, 0.25) is 5.91 Å². The molecule has 0 saturated carbocycles. The molecule has 4 nitrogen and oxygen atoms in total. The van der Waals surface area contributed by atoms with Crippen LogP contribution in [0.2, 0.25) is 0 Å². The molecule has 0 atom stereocenters. The van der Waals surface area contributed by atoms with Crippen molar-refractivity contribution in [3.05, 3.63) is 0 Å². The van der Waals surface area contributed by atoms with E-state index in [1.165, 1.54) is 32.2 Å². The van der Waals surface area contributed by atoms with Gasteiger partial charge in [-0.25, -0.2) is 0 Å². The van der Waals surface area contributed by atoms with Crippen molar-refractivity contribution in [2.75, 3.05) is 45.8 Å². The van der Waals surface area contributed by atoms with Crippen molar-refractivity contribution in [2.24, 2.45) is 11.8 Å². The Morgan fingerprint density at radius 3 is 2.24 bits per heavy atom. The van der Waals surface area contributed by atoms with Gasteiger partial charge in [-0.2, -0.15) is 0 Å². The zero-order valence-electron chi connectivity index (χ0n) is 13.9. The first-order chi connectivity index (χ1) is 10.2. The van der Waals surface area contributed by atoms with E-state index in [9.17, 15) is 4.79 Å². The molecule has 1 amide bonds. The molecule has 122 valence electrons. The van der Waals surface area contributed by atoms with E-state index in [1.807, 2.05) is 0 Å². The van der Waals surface area contributed by atoms with E-state index in [0.717, 1.165) is 51.6 Å². The second-order valence-electron chi connectivity index (χ2n) is 6.71. The molecule has 2 aliphatic rings. The molecule has 0 aliphatic carbocycles. The summed E-state index contributed by atoms with van der Waals surface area (Å²) in [5.74, 6) is 1.81. The Morgan fingerprint density at radius 1 is 1.05 bits per heavy atom. The lowest BCUT2D eigenvalue weighted by Crippen LogP contribution is -2.42. The van der Waals surface area contributed by atoms with E-state index in [4.69, 9.17) is 0 Å². The minimum absolute atomic E-state index is 0.406. The normalized spacial score (nSPS) is 22.0. The van der Waals surface area contributed by atoms with E-state index in [1.54, 1.807) is 0 Å². The van der Waals surface area contributed by atoms with Crippen molar-refractivity contribution >= 4 is 5.91 Å². The second-order valence-corrected chi connectivity index (χ2v) is 6.71. The highest BCUT2D eigenvalue weighted by Gasteiger charge is 2.25. The Bertz CT molecular complexity index is 303. The lowest BCUT2D eigenvalue weighted by molar-refractivity contribution is -0.133. The molecular weight excluding hydrogens is 262 g/mol. The maximum atomic E-state index is 12.4. The number of amides is 1. The van der Waals surface area contributed by atoms with Crippen LogP contribution in [0.1, 0.15) is 46.0 Å². The summed E-state index contributed by atoms with van der Waals surface area (Å²) in [6.45, 7) is 12.1. The first-order valence-electron chi connectivity index (χ1n) is 8.93. The van der Waals surface area contributed by atoms with Crippen LogP contribution in [-0.4, -0.2) is 61.5 Å². The molecule has 2 saturated heterocycles.